The minimum atomic E-state index is -1.61. The van der Waals surface area contributed by atoms with Gasteiger partial charge >= 0.3 is 0 Å². The zero-order chi connectivity index (χ0) is 29.4. The van der Waals surface area contributed by atoms with Gasteiger partial charge in [0.2, 0.25) is 0 Å². The van der Waals surface area contributed by atoms with Crippen LogP contribution < -0.4 is 5.56 Å². The molecule has 0 fully saturated rings. The van der Waals surface area contributed by atoms with E-state index in [0.717, 1.165) is 29.1 Å². The molecule has 0 bridgehead atoms. The summed E-state index contributed by atoms with van der Waals surface area (Å²) in [6, 6.07) is 12.7. The van der Waals surface area contributed by atoms with E-state index < -0.39 is 40.7 Å². The highest BCUT2D eigenvalue weighted by Crippen LogP contribution is 2.28. The second kappa shape index (κ2) is 11.0. The van der Waals surface area contributed by atoms with Gasteiger partial charge in [0.05, 0.1) is 23.6 Å². The lowest BCUT2D eigenvalue weighted by Crippen LogP contribution is -2.30. The summed E-state index contributed by atoms with van der Waals surface area (Å²) in [5.74, 6) is -5.42. The van der Waals surface area contributed by atoms with Crippen molar-refractivity contribution >= 4 is 5.78 Å². The molecule has 9 heteroatoms. The quantitative estimate of drug-likeness (QED) is 0.121. The van der Waals surface area contributed by atoms with E-state index in [1.807, 2.05) is 24.6 Å². The Hall–Kier alpha value is -4.79. The maximum Gasteiger partial charge on any atom is 0.262 e. The van der Waals surface area contributed by atoms with Gasteiger partial charge in [-0.3, -0.25) is 9.59 Å². The number of imidazole rings is 1. The predicted molar refractivity (Wildman–Crippen MR) is 147 cm³/mol. The summed E-state index contributed by atoms with van der Waals surface area (Å²) in [7, 11) is 0. The number of rotatable bonds is 7. The van der Waals surface area contributed by atoms with Crippen molar-refractivity contribution in [2.75, 3.05) is 0 Å². The normalized spacial score (nSPS) is 12.0. The molecular weight excluding hydrogens is 534 g/mol. The lowest BCUT2D eigenvalue weighted by atomic mass is 9.97. The number of aromatic nitrogens is 3. The SMILES string of the molecule is CCC(c1cc(F)c(F)c(F)c1)n1cc(-c2ccc(F)cc2)cc(C(=O)c2ccc(-n3cnc(C)c3)c(C)c2)c1=O. The molecule has 5 nitrogen and oxygen atoms in total. The number of halogens is 4. The molecule has 2 aromatic heterocycles. The van der Waals surface area contributed by atoms with Crippen LogP contribution in [-0.2, 0) is 0 Å². The van der Waals surface area contributed by atoms with Crippen molar-refractivity contribution in [2.24, 2.45) is 0 Å². The Balaban J connectivity index is 1.67. The lowest BCUT2D eigenvalue weighted by Gasteiger charge is -2.21. The fraction of sp³-hybridized carbons (Fsp3) is 0.156. The van der Waals surface area contributed by atoms with Crippen LogP contribution in [0.1, 0.15) is 52.1 Å². The Morgan fingerprint density at radius 3 is 2.15 bits per heavy atom. The van der Waals surface area contributed by atoms with Crippen LogP contribution in [-0.4, -0.2) is 19.9 Å². The standard InChI is InChI=1S/C32H25F4N3O2/c1-4-28(22-13-26(34)30(36)27(35)14-22)39-16-23(20-5-8-24(33)9-6-20)12-25(32(39)41)31(40)21-7-10-29(18(2)11-21)38-15-19(3)37-17-38/h5-17,28H,4H2,1-3H3. The third kappa shape index (κ3) is 5.35. The van der Waals surface area contributed by atoms with Crippen molar-refractivity contribution < 1.29 is 22.4 Å². The molecule has 0 spiro atoms. The summed E-state index contributed by atoms with van der Waals surface area (Å²) in [6.45, 7) is 5.39. The summed E-state index contributed by atoms with van der Waals surface area (Å²) in [4.78, 5) is 31.8. The molecule has 2 heterocycles. The van der Waals surface area contributed by atoms with Gasteiger partial charge in [-0.15, -0.1) is 0 Å². The number of hydrogen-bond acceptors (Lipinski definition) is 3. The largest absolute Gasteiger partial charge is 0.307 e. The third-order valence-corrected chi connectivity index (χ3v) is 7.03. The number of carbonyl (C=O) groups excluding carboxylic acids is 1. The van der Waals surface area contributed by atoms with E-state index in [0.29, 0.717) is 11.1 Å². The lowest BCUT2D eigenvalue weighted by molar-refractivity contribution is 0.103. The molecule has 0 aliphatic rings. The minimum Gasteiger partial charge on any atom is -0.307 e. The van der Waals surface area contributed by atoms with E-state index in [1.165, 1.54) is 41.1 Å². The zero-order valence-corrected chi connectivity index (χ0v) is 22.5. The molecule has 5 rings (SSSR count). The van der Waals surface area contributed by atoms with Crippen molar-refractivity contribution in [2.45, 2.75) is 33.2 Å². The van der Waals surface area contributed by atoms with Gasteiger partial charge in [-0.2, -0.15) is 0 Å². The van der Waals surface area contributed by atoms with Gasteiger partial charge in [-0.05, 0) is 91.1 Å². The van der Waals surface area contributed by atoms with Crippen LogP contribution in [0.3, 0.4) is 0 Å². The maximum atomic E-state index is 14.2. The average molecular weight is 560 g/mol. The first-order valence-electron chi connectivity index (χ1n) is 12.9. The first kappa shape index (κ1) is 27.8. The van der Waals surface area contributed by atoms with Gasteiger partial charge < -0.3 is 9.13 Å². The van der Waals surface area contributed by atoms with E-state index in [-0.39, 0.29) is 23.1 Å². The second-order valence-corrected chi connectivity index (χ2v) is 9.84. The van der Waals surface area contributed by atoms with Crippen molar-refractivity contribution in [3.05, 3.63) is 141 Å². The molecule has 0 saturated carbocycles. The van der Waals surface area contributed by atoms with E-state index in [4.69, 9.17) is 0 Å². The smallest absolute Gasteiger partial charge is 0.262 e. The highest BCUT2D eigenvalue weighted by Gasteiger charge is 2.24. The number of hydrogen-bond donors (Lipinski definition) is 0. The fourth-order valence-corrected chi connectivity index (χ4v) is 4.95. The van der Waals surface area contributed by atoms with Crippen LogP contribution in [0.25, 0.3) is 16.8 Å². The highest BCUT2D eigenvalue weighted by atomic mass is 19.2. The van der Waals surface area contributed by atoms with E-state index in [2.05, 4.69) is 4.98 Å². The Morgan fingerprint density at radius 1 is 0.878 bits per heavy atom. The molecule has 0 aliphatic carbocycles. The Labute approximate surface area is 233 Å². The van der Waals surface area contributed by atoms with E-state index in [1.54, 1.807) is 31.5 Å². The molecule has 5 aromatic rings. The van der Waals surface area contributed by atoms with Crippen LogP contribution in [0.5, 0.6) is 0 Å². The molecule has 0 aliphatic heterocycles. The van der Waals surface area contributed by atoms with E-state index in [9.17, 15) is 27.2 Å². The molecule has 0 radical (unpaired) electrons. The zero-order valence-electron chi connectivity index (χ0n) is 22.5. The third-order valence-electron chi connectivity index (χ3n) is 7.03. The summed E-state index contributed by atoms with van der Waals surface area (Å²) in [6.07, 6.45) is 5.16. The monoisotopic (exact) mass is 559 g/mol. The minimum absolute atomic E-state index is 0.0245. The number of pyridine rings is 1. The number of carbonyl (C=O) groups is 1. The Morgan fingerprint density at radius 2 is 1.56 bits per heavy atom. The summed E-state index contributed by atoms with van der Waals surface area (Å²) in [5.41, 5.74) is 2.75. The van der Waals surface area contributed by atoms with Crippen LogP contribution >= 0.6 is 0 Å². The Bertz CT molecular complexity index is 1820. The first-order valence-corrected chi connectivity index (χ1v) is 12.9. The Kier molecular flexibility index (Phi) is 7.45. The number of benzene rings is 3. The van der Waals surface area contributed by atoms with Gasteiger partial charge in [0, 0.05) is 23.6 Å². The van der Waals surface area contributed by atoms with Crippen LogP contribution in [0.15, 0.2) is 84.2 Å². The fourth-order valence-electron chi connectivity index (χ4n) is 4.95. The molecule has 1 unspecified atom stereocenters. The van der Waals surface area contributed by atoms with Crippen LogP contribution in [0.4, 0.5) is 17.6 Å². The van der Waals surface area contributed by atoms with Crippen molar-refractivity contribution in [1.82, 2.24) is 14.1 Å². The summed E-state index contributed by atoms with van der Waals surface area (Å²) in [5, 5.41) is 0. The molecule has 0 N–H and O–H groups in total. The molecular formula is C32H25F4N3O2. The van der Waals surface area contributed by atoms with Crippen molar-refractivity contribution in [1.29, 1.82) is 0 Å². The maximum absolute atomic E-state index is 14.2. The molecule has 1 atom stereocenters. The van der Waals surface area contributed by atoms with Crippen molar-refractivity contribution in [3.8, 4) is 16.8 Å². The van der Waals surface area contributed by atoms with Gasteiger partial charge in [0.15, 0.2) is 23.2 Å². The first-order chi connectivity index (χ1) is 19.6. The van der Waals surface area contributed by atoms with Crippen LogP contribution in [0.2, 0.25) is 0 Å². The molecule has 41 heavy (non-hydrogen) atoms. The number of aryl methyl sites for hydroxylation is 2. The second-order valence-electron chi connectivity index (χ2n) is 9.84. The molecule has 208 valence electrons. The van der Waals surface area contributed by atoms with Crippen molar-refractivity contribution in [3.63, 3.8) is 0 Å². The number of ketones is 1. The molecule has 3 aromatic carbocycles. The number of nitrogens with zero attached hydrogens (tertiary/aromatic N) is 3. The predicted octanol–water partition coefficient (Wildman–Crippen LogP) is 7.10. The van der Waals surface area contributed by atoms with Gasteiger partial charge in [-0.1, -0.05) is 19.1 Å². The summed E-state index contributed by atoms with van der Waals surface area (Å²) < 4.78 is 58.7. The highest BCUT2D eigenvalue weighted by molar-refractivity contribution is 6.09. The van der Waals surface area contributed by atoms with E-state index >= 15 is 0 Å². The van der Waals surface area contributed by atoms with Gasteiger partial charge in [-0.25, -0.2) is 22.5 Å². The summed E-state index contributed by atoms with van der Waals surface area (Å²) >= 11 is 0. The topological polar surface area (TPSA) is 56.9 Å². The van der Waals surface area contributed by atoms with Gasteiger partial charge in [0.1, 0.15) is 5.82 Å². The molecule has 0 amide bonds. The molecule has 0 saturated heterocycles. The average Bonchev–Trinajstić information content (AvgIpc) is 3.38. The van der Waals surface area contributed by atoms with Gasteiger partial charge in [0.25, 0.3) is 5.56 Å². The van der Waals surface area contributed by atoms with Crippen LogP contribution in [0, 0.1) is 37.1 Å².